The van der Waals surface area contributed by atoms with Crippen LogP contribution in [0, 0.1) is 5.92 Å². The summed E-state index contributed by atoms with van der Waals surface area (Å²) < 4.78 is 0. The molecule has 3 amide bonds. The lowest BCUT2D eigenvalue weighted by Crippen LogP contribution is -2.54. The molecule has 0 bridgehead atoms. The molecule has 11 heteroatoms. The van der Waals surface area contributed by atoms with Crippen molar-refractivity contribution in [1.29, 1.82) is 0 Å². The van der Waals surface area contributed by atoms with Gasteiger partial charge in [0.15, 0.2) is 0 Å². The smallest absolute Gasteiger partial charge is 0.326 e. The highest BCUT2D eigenvalue weighted by atomic mass is 32.2. The van der Waals surface area contributed by atoms with E-state index in [4.69, 9.17) is 5.73 Å². The van der Waals surface area contributed by atoms with Crippen LogP contribution in [0.5, 0.6) is 0 Å². The summed E-state index contributed by atoms with van der Waals surface area (Å²) in [5, 5.41) is 16.7. The second kappa shape index (κ2) is 14.5. The quantitative estimate of drug-likeness (QED) is 0.248. The number of carbonyl (C=O) groups is 4. The maximum Gasteiger partial charge on any atom is 0.326 e. The van der Waals surface area contributed by atoms with Crippen LogP contribution in [0.4, 0.5) is 0 Å². The van der Waals surface area contributed by atoms with Gasteiger partial charge in [-0.05, 0) is 42.8 Å². The van der Waals surface area contributed by atoms with Gasteiger partial charge in [0.25, 0.3) is 0 Å². The molecule has 0 saturated heterocycles. The molecule has 9 nitrogen and oxygen atoms in total. The molecular formula is C17H32N4O5S2. The molecule has 0 aliphatic rings. The molecule has 0 aromatic heterocycles. The predicted molar refractivity (Wildman–Crippen MR) is 113 cm³/mol. The molecule has 0 aliphatic carbocycles. The van der Waals surface area contributed by atoms with Gasteiger partial charge in [-0.25, -0.2) is 4.79 Å². The molecule has 162 valence electrons. The molecule has 3 atom stereocenters. The number of carbonyl (C=O) groups excluding carboxylic acids is 3. The topological polar surface area (TPSA) is 151 Å². The SMILES string of the molecule is CSCCC(N)C(=O)NCC(=O)NC(CCSC)C(=O)NC(C(=O)O)C(C)C. The van der Waals surface area contributed by atoms with Crippen LogP contribution in [-0.2, 0) is 19.2 Å². The van der Waals surface area contributed by atoms with Crippen molar-refractivity contribution in [2.75, 3.05) is 30.6 Å². The normalized spacial score (nSPS) is 14.1. The van der Waals surface area contributed by atoms with Gasteiger partial charge >= 0.3 is 5.97 Å². The standard InChI is InChI=1S/C17H32N4O5S2/c1-10(2)14(17(25)26)21-16(24)12(6-8-28-4)20-13(22)9-19-15(23)11(18)5-7-27-3/h10-12,14H,5-9,18H2,1-4H3,(H,19,23)(H,20,22)(H,21,24)(H,25,26). The van der Waals surface area contributed by atoms with Crippen molar-refractivity contribution in [3.8, 4) is 0 Å². The average Bonchev–Trinajstić information content (AvgIpc) is 2.64. The minimum atomic E-state index is -1.13. The lowest BCUT2D eigenvalue weighted by atomic mass is 10.0. The summed E-state index contributed by atoms with van der Waals surface area (Å²) in [6, 6.07) is -2.63. The van der Waals surface area contributed by atoms with Gasteiger partial charge in [-0.2, -0.15) is 23.5 Å². The number of thioether (sulfide) groups is 2. The van der Waals surface area contributed by atoms with Gasteiger partial charge in [-0.15, -0.1) is 0 Å². The van der Waals surface area contributed by atoms with E-state index in [9.17, 15) is 24.3 Å². The third-order valence-corrected chi connectivity index (χ3v) is 5.17. The summed E-state index contributed by atoms with van der Waals surface area (Å²) in [6.45, 7) is 3.07. The van der Waals surface area contributed by atoms with Crippen LogP contribution in [0.2, 0.25) is 0 Å². The number of hydrogen-bond donors (Lipinski definition) is 5. The van der Waals surface area contributed by atoms with Crippen LogP contribution in [-0.4, -0.2) is 77.5 Å². The zero-order valence-electron chi connectivity index (χ0n) is 16.8. The summed E-state index contributed by atoms with van der Waals surface area (Å²) in [5.41, 5.74) is 5.74. The lowest BCUT2D eigenvalue weighted by Gasteiger charge is -2.23. The first-order valence-corrected chi connectivity index (χ1v) is 11.8. The molecule has 0 aliphatic heterocycles. The Morgan fingerprint density at radius 3 is 2.04 bits per heavy atom. The van der Waals surface area contributed by atoms with E-state index in [0.717, 1.165) is 5.75 Å². The van der Waals surface area contributed by atoms with E-state index >= 15 is 0 Å². The molecule has 0 fully saturated rings. The van der Waals surface area contributed by atoms with E-state index < -0.39 is 41.8 Å². The monoisotopic (exact) mass is 436 g/mol. The summed E-state index contributed by atoms with van der Waals surface area (Å²) >= 11 is 3.07. The number of carboxylic acid groups (broad SMARTS) is 1. The van der Waals surface area contributed by atoms with E-state index in [1.54, 1.807) is 25.6 Å². The largest absolute Gasteiger partial charge is 0.480 e. The van der Waals surface area contributed by atoms with Gasteiger partial charge < -0.3 is 26.8 Å². The van der Waals surface area contributed by atoms with Gasteiger partial charge in [-0.3, -0.25) is 14.4 Å². The van der Waals surface area contributed by atoms with E-state index in [1.807, 2.05) is 12.5 Å². The maximum absolute atomic E-state index is 12.5. The summed E-state index contributed by atoms with van der Waals surface area (Å²) in [5.74, 6) is -1.64. The first kappa shape index (κ1) is 26.5. The molecule has 28 heavy (non-hydrogen) atoms. The molecule has 0 rings (SSSR count). The average molecular weight is 437 g/mol. The second-order valence-corrected chi connectivity index (χ2v) is 8.55. The third kappa shape index (κ3) is 10.8. The zero-order chi connectivity index (χ0) is 21.7. The number of hydrogen-bond acceptors (Lipinski definition) is 7. The minimum absolute atomic E-state index is 0.304. The Morgan fingerprint density at radius 2 is 1.54 bits per heavy atom. The number of rotatable bonds is 14. The number of nitrogens with two attached hydrogens (primary N) is 1. The van der Waals surface area contributed by atoms with Crippen molar-refractivity contribution >= 4 is 47.2 Å². The molecule has 6 N–H and O–H groups in total. The molecule has 0 radical (unpaired) electrons. The van der Waals surface area contributed by atoms with Gasteiger partial charge in [0.1, 0.15) is 12.1 Å². The Hall–Kier alpha value is -1.46. The maximum atomic E-state index is 12.5. The molecule has 3 unspecified atom stereocenters. The second-order valence-electron chi connectivity index (χ2n) is 6.58. The van der Waals surface area contributed by atoms with Crippen LogP contribution in [0.25, 0.3) is 0 Å². The fraction of sp³-hybridized carbons (Fsp3) is 0.765. The van der Waals surface area contributed by atoms with Crippen LogP contribution in [0.3, 0.4) is 0 Å². The Morgan fingerprint density at radius 1 is 0.964 bits per heavy atom. The van der Waals surface area contributed by atoms with Crippen molar-refractivity contribution in [3.05, 3.63) is 0 Å². The number of amides is 3. The van der Waals surface area contributed by atoms with E-state index in [0.29, 0.717) is 18.6 Å². The number of carboxylic acids is 1. The molecular weight excluding hydrogens is 404 g/mol. The Kier molecular flexibility index (Phi) is 13.8. The third-order valence-electron chi connectivity index (χ3n) is 3.89. The Balaban J connectivity index is 4.76. The highest BCUT2D eigenvalue weighted by Crippen LogP contribution is 2.05. The Bertz CT molecular complexity index is 534. The van der Waals surface area contributed by atoms with Gasteiger partial charge in [0.2, 0.25) is 17.7 Å². The predicted octanol–water partition coefficient (Wildman–Crippen LogP) is -0.354. The summed E-state index contributed by atoms with van der Waals surface area (Å²) in [4.78, 5) is 47.8. The van der Waals surface area contributed by atoms with Gasteiger partial charge in [0, 0.05) is 0 Å². The minimum Gasteiger partial charge on any atom is -0.480 e. The van der Waals surface area contributed by atoms with Crippen molar-refractivity contribution in [2.24, 2.45) is 11.7 Å². The van der Waals surface area contributed by atoms with Crippen molar-refractivity contribution < 1.29 is 24.3 Å². The van der Waals surface area contributed by atoms with Gasteiger partial charge in [0.05, 0.1) is 12.6 Å². The molecule has 0 aromatic carbocycles. The molecule has 0 saturated carbocycles. The van der Waals surface area contributed by atoms with Crippen LogP contribution >= 0.6 is 23.5 Å². The number of aliphatic carboxylic acids is 1. The van der Waals surface area contributed by atoms with Crippen LogP contribution in [0.15, 0.2) is 0 Å². The van der Waals surface area contributed by atoms with Crippen molar-refractivity contribution in [2.45, 2.75) is 44.8 Å². The van der Waals surface area contributed by atoms with E-state index in [-0.39, 0.29) is 12.5 Å². The summed E-state index contributed by atoms with van der Waals surface area (Å²) in [6.07, 6.45) is 4.61. The van der Waals surface area contributed by atoms with Crippen LogP contribution in [0.1, 0.15) is 26.7 Å². The molecule has 0 spiro atoms. The lowest BCUT2D eigenvalue weighted by molar-refractivity contribution is -0.143. The highest BCUT2D eigenvalue weighted by Gasteiger charge is 2.28. The Labute approximate surface area is 174 Å². The van der Waals surface area contributed by atoms with E-state index in [2.05, 4.69) is 16.0 Å². The molecule has 0 aromatic rings. The highest BCUT2D eigenvalue weighted by molar-refractivity contribution is 7.98. The van der Waals surface area contributed by atoms with Crippen LogP contribution < -0.4 is 21.7 Å². The summed E-state index contributed by atoms with van der Waals surface area (Å²) in [7, 11) is 0. The first-order chi connectivity index (χ1) is 13.1. The zero-order valence-corrected chi connectivity index (χ0v) is 18.5. The fourth-order valence-corrected chi connectivity index (χ4v) is 3.15. The van der Waals surface area contributed by atoms with Crippen molar-refractivity contribution in [1.82, 2.24) is 16.0 Å². The first-order valence-electron chi connectivity index (χ1n) is 8.97. The van der Waals surface area contributed by atoms with Crippen molar-refractivity contribution in [3.63, 3.8) is 0 Å². The molecule has 0 heterocycles. The van der Waals surface area contributed by atoms with Gasteiger partial charge in [-0.1, -0.05) is 13.8 Å². The number of nitrogens with one attached hydrogen (secondary N) is 3. The van der Waals surface area contributed by atoms with E-state index in [1.165, 1.54) is 11.8 Å². The fourth-order valence-electron chi connectivity index (χ4n) is 2.19.